The summed E-state index contributed by atoms with van der Waals surface area (Å²) in [5.74, 6) is -1.57. The SMILES string of the molecule is Cc1ccc(N=Nc2c(N)c(C)cc(N=Nc3ccc(Sc4ccc(N=Nc5ccc(O)c(C(=O)O)c5)cc4)cc3)c2N)cc1.[Na+]. The van der Waals surface area contributed by atoms with Crippen LogP contribution >= 0.6 is 11.8 Å². The van der Waals surface area contributed by atoms with Crippen LogP contribution in [-0.4, -0.2) is 16.2 Å². The van der Waals surface area contributed by atoms with E-state index in [1.807, 2.05) is 74.5 Å². The first kappa shape index (κ1) is 34.0. The molecule has 11 nitrogen and oxygen atoms in total. The maximum atomic E-state index is 11.2. The Balaban J connectivity index is 0.00000480. The van der Waals surface area contributed by atoms with Crippen molar-refractivity contribution >= 4 is 63.2 Å². The van der Waals surface area contributed by atoms with Crippen LogP contribution in [0, 0.1) is 13.8 Å². The average molecular weight is 640 g/mol. The Morgan fingerprint density at radius 3 is 1.67 bits per heavy atom. The van der Waals surface area contributed by atoms with E-state index in [9.17, 15) is 9.90 Å². The van der Waals surface area contributed by atoms with Crippen molar-refractivity contribution in [2.24, 2.45) is 30.7 Å². The van der Waals surface area contributed by atoms with Crippen LogP contribution in [0.25, 0.3) is 0 Å². The van der Waals surface area contributed by atoms with Gasteiger partial charge in [0.05, 0.1) is 34.1 Å². The second-order valence-electron chi connectivity index (χ2n) is 9.92. The number of aromatic carboxylic acids is 1. The van der Waals surface area contributed by atoms with Crippen LogP contribution in [0.4, 0.5) is 45.5 Å². The van der Waals surface area contributed by atoms with E-state index in [1.54, 1.807) is 30.0 Å². The van der Waals surface area contributed by atoms with E-state index in [2.05, 4.69) is 30.7 Å². The van der Waals surface area contributed by atoms with Gasteiger partial charge in [-0.2, -0.15) is 20.5 Å². The third-order valence-corrected chi connectivity index (χ3v) is 7.55. The molecule has 0 atom stereocenters. The number of carboxylic acid groups (broad SMARTS) is 1. The van der Waals surface area contributed by atoms with Gasteiger partial charge in [-0.05, 0) is 104 Å². The van der Waals surface area contributed by atoms with Gasteiger partial charge < -0.3 is 21.7 Å². The fraction of sp³-hybridized carbons (Fsp3) is 0.0606. The minimum atomic E-state index is -1.24. The Kier molecular flexibility index (Phi) is 11.4. The molecule has 6 N–H and O–H groups in total. The number of hydrogen-bond acceptors (Lipinski definition) is 11. The summed E-state index contributed by atoms with van der Waals surface area (Å²) >= 11 is 1.56. The van der Waals surface area contributed by atoms with Crippen LogP contribution in [0.1, 0.15) is 21.5 Å². The number of carboxylic acids is 1. The van der Waals surface area contributed by atoms with Gasteiger partial charge in [0, 0.05) is 9.79 Å². The number of hydrogen-bond donors (Lipinski definition) is 4. The molecule has 0 spiro atoms. The van der Waals surface area contributed by atoms with Crippen LogP contribution in [0.2, 0.25) is 0 Å². The molecule has 13 heteroatoms. The Morgan fingerprint density at radius 1 is 0.630 bits per heavy atom. The molecular formula is C33H28N8NaO3S+. The molecule has 5 rings (SSSR count). The minimum absolute atomic E-state index is 0. The molecule has 0 aromatic heterocycles. The van der Waals surface area contributed by atoms with Crippen molar-refractivity contribution in [3.05, 3.63) is 114 Å². The second-order valence-corrected chi connectivity index (χ2v) is 11.1. The fourth-order valence-corrected chi connectivity index (χ4v) is 4.82. The van der Waals surface area contributed by atoms with E-state index in [1.165, 1.54) is 18.2 Å². The summed E-state index contributed by atoms with van der Waals surface area (Å²) in [6, 6.07) is 28.5. The van der Waals surface area contributed by atoms with Crippen LogP contribution < -0.4 is 41.0 Å². The minimum Gasteiger partial charge on any atom is -0.507 e. The van der Waals surface area contributed by atoms with Gasteiger partial charge in [-0.25, -0.2) is 4.79 Å². The Hall–Kier alpha value is -4.88. The Morgan fingerprint density at radius 2 is 1.11 bits per heavy atom. The molecule has 0 radical (unpaired) electrons. The first-order valence-electron chi connectivity index (χ1n) is 13.6. The zero-order chi connectivity index (χ0) is 31.9. The number of nitrogen functional groups attached to an aromatic ring is 2. The van der Waals surface area contributed by atoms with Crippen molar-refractivity contribution in [1.82, 2.24) is 0 Å². The van der Waals surface area contributed by atoms with Crippen molar-refractivity contribution in [2.75, 3.05) is 11.5 Å². The van der Waals surface area contributed by atoms with Crippen molar-refractivity contribution in [3.8, 4) is 5.75 Å². The Bertz CT molecular complexity index is 1950. The zero-order valence-electron chi connectivity index (χ0n) is 25.3. The van der Waals surface area contributed by atoms with Gasteiger partial charge in [0.2, 0.25) is 0 Å². The first-order valence-corrected chi connectivity index (χ1v) is 14.4. The van der Waals surface area contributed by atoms with Crippen molar-refractivity contribution in [1.29, 1.82) is 0 Å². The standard InChI is InChI=1S/C33H28N8O3S.Na/c1-19-3-5-21(6-4-19)38-41-32-30(34)20(2)17-28(31(32)35)40-37-23-9-14-26(15-10-23)45-25-12-7-22(8-13-25)36-39-24-11-16-29(42)27(18-24)33(43)44;/h3-18,42H,34-35H2,1-2H3,(H,43,44);/q;+1. The fourth-order valence-electron chi connectivity index (χ4n) is 4.01. The monoisotopic (exact) mass is 639 g/mol. The maximum Gasteiger partial charge on any atom is 1.00 e. The molecule has 224 valence electrons. The summed E-state index contributed by atoms with van der Waals surface area (Å²) in [5.41, 5.74) is 18.0. The third kappa shape index (κ3) is 8.64. The summed E-state index contributed by atoms with van der Waals surface area (Å²) < 4.78 is 0. The molecule has 46 heavy (non-hydrogen) atoms. The topological polar surface area (TPSA) is 184 Å². The number of anilines is 2. The molecule has 0 bridgehead atoms. The number of azo groups is 3. The van der Waals surface area contributed by atoms with Crippen LogP contribution in [0.15, 0.2) is 138 Å². The van der Waals surface area contributed by atoms with Crippen molar-refractivity contribution in [3.63, 3.8) is 0 Å². The van der Waals surface area contributed by atoms with E-state index < -0.39 is 5.97 Å². The molecule has 0 saturated carbocycles. The van der Waals surface area contributed by atoms with Crippen molar-refractivity contribution in [2.45, 2.75) is 23.6 Å². The summed E-state index contributed by atoms with van der Waals surface area (Å²) in [5, 5.41) is 44.3. The summed E-state index contributed by atoms with van der Waals surface area (Å²) in [6.45, 7) is 3.85. The number of aryl methyl sites for hydroxylation is 2. The number of benzene rings is 5. The largest absolute Gasteiger partial charge is 1.00 e. The molecule has 0 saturated heterocycles. The first-order chi connectivity index (χ1) is 21.7. The molecule has 0 unspecified atom stereocenters. The van der Waals surface area contributed by atoms with E-state index in [-0.39, 0.29) is 40.9 Å². The molecule has 0 aliphatic carbocycles. The van der Waals surface area contributed by atoms with Crippen molar-refractivity contribution < 1.29 is 44.6 Å². The zero-order valence-corrected chi connectivity index (χ0v) is 28.1. The van der Waals surface area contributed by atoms with Crippen LogP contribution in [-0.2, 0) is 0 Å². The number of phenols is 1. The number of carbonyl (C=O) groups is 1. The average Bonchev–Trinajstić information content (AvgIpc) is 3.04. The van der Waals surface area contributed by atoms with E-state index in [0.717, 1.165) is 20.9 Å². The molecule has 0 aliphatic rings. The predicted molar refractivity (Wildman–Crippen MR) is 176 cm³/mol. The quantitative estimate of drug-likeness (QED) is 0.0746. The van der Waals surface area contributed by atoms with E-state index in [4.69, 9.17) is 16.6 Å². The normalized spacial score (nSPS) is 11.3. The van der Waals surface area contributed by atoms with Gasteiger partial charge in [0.15, 0.2) is 0 Å². The molecule has 0 aliphatic heterocycles. The maximum absolute atomic E-state index is 11.2. The number of aromatic hydroxyl groups is 1. The van der Waals surface area contributed by atoms with Crippen LogP contribution in [0.5, 0.6) is 5.75 Å². The summed E-state index contributed by atoms with van der Waals surface area (Å²) in [7, 11) is 0. The van der Waals surface area contributed by atoms with E-state index >= 15 is 0 Å². The number of nitrogens with two attached hydrogens (primary N) is 2. The molecule has 0 amide bonds. The number of rotatable bonds is 9. The van der Waals surface area contributed by atoms with Gasteiger partial charge in [-0.3, -0.25) is 0 Å². The smallest absolute Gasteiger partial charge is 0.507 e. The summed E-state index contributed by atoms with van der Waals surface area (Å²) in [6.07, 6.45) is 0. The second kappa shape index (κ2) is 15.4. The van der Waals surface area contributed by atoms with Gasteiger partial charge in [0.25, 0.3) is 0 Å². The van der Waals surface area contributed by atoms with E-state index in [0.29, 0.717) is 45.5 Å². The predicted octanol–water partition coefficient (Wildman–Crippen LogP) is 7.27. The van der Waals surface area contributed by atoms with Gasteiger partial charge in [-0.15, -0.1) is 10.2 Å². The molecule has 0 heterocycles. The van der Waals surface area contributed by atoms with Crippen LogP contribution in [0.3, 0.4) is 0 Å². The molecule has 5 aromatic carbocycles. The number of nitrogens with zero attached hydrogens (tertiary/aromatic N) is 6. The Labute approximate surface area is 291 Å². The molecular weight excluding hydrogens is 611 g/mol. The summed E-state index contributed by atoms with van der Waals surface area (Å²) in [4.78, 5) is 13.2. The molecule has 0 fully saturated rings. The molecule has 5 aromatic rings. The third-order valence-electron chi connectivity index (χ3n) is 6.54. The van der Waals surface area contributed by atoms with Gasteiger partial charge in [-0.1, -0.05) is 29.5 Å². The van der Waals surface area contributed by atoms with Gasteiger partial charge in [0.1, 0.15) is 22.7 Å². The van der Waals surface area contributed by atoms with Gasteiger partial charge >= 0.3 is 35.5 Å².